The van der Waals surface area contributed by atoms with Crippen LogP contribution in [0, 0.1) is 5.92 Å². The highest BCUT2D eigenvalue weighted by atomic mass is 79.9. The molecule has 1 unspecified atom stereocenters. The van der Waals surface area contributed by atoms with Gasteiger partial charge in [-0.05, 0) is 68.8 Å². The van der Waals surface area contributed by atoms with Gasteiger partial charge in [0.25, 0.3) is 0 Å². The van der Waals surface area contributed by atoms with Crippen LogP contribution in [0.5, 0.6) is 0 Å². The number of benzene rings is 1. The fourth-order valence-corrected chi connectivity index (χ4v) is 5.02. The summed E-state index contributed by atoms with van der Waals surface area (Å²) in [7, 11) is 1.93. The van der Waals surface area contributed by atoms with Crippen LogP contribution in [0.3, 0.4) is 0 Å². The Balaban J connectivity index is 1.31. The van der Waals surface area contributed by atoms with Gasteiger partial charge < -0.3 is 15.1 Å². The van der Waals surface area contributed by atoms with Crippen molar-refractivity contribution in [2.75, 3.05) is 46.3 Å². The predicted molar refractivity (Wildman–Crippen MR) is 112 cm³/mol. The minimum absolute atomic E-state index is 0.300. The van der Waals surface area contributed by atoms with E-state index in [1.54, 1.807) is 0 Å². The van der Waals surface area contributed by atoms with Gasteiger partial charge in [0.1, 0.15) is 0 Å². The number of hydrogen-bond acceptors (Lipinski definition) is 2. The number of aliphatic imine (C=N–C) groups is 1. The number of rotatable bonds is 5. The third kappa shape index (κ3) is 4.09. The van der Waals surface area contributed by atoms with Crippen molar-refractivity contribution in [2.24, 2.45) is 10.9 Å². The molecule has 2 saturated heterocycles. The molecule has 26 heavy (non-hydrogen) atoms. The first-order valence-corrected chi connectivity index (χ1v) is 10.9. The second kappa shape index (κ2) is 7.89. The van der Waals surface area contributed by atoms with Crippen LogP contribution in [0.2, 0.25) is 0 Å². The number of hydrogen-bond donors (Lipinski definition) is 1. The zero-order chi connectivity index (χ0) is 18.0. The van der Waals surface area contributed by atoms with Gasteiger partial charge in [0.05, 0.1) is 0 Å². The van der Waals surface area contributed by atoms with Crippen molar-refractivity contribution in [3.8, 4) is 0 Å². The monoisotopic (exact) mass is 418 g/mol. The average molecular weight is 419 g/mol. The van der Waals surface area contributed by atoms with Gasteiger partial charge in [-0.25, -0.2) is 0 Å². The molecule has 3 aliphatic rings. The molecule has 1 aliphatic carbocycles. The molecular formula is C21H31BrN4. The fraction of sp³-hybridized carbons (Fsp3) is 0.667. The maximum Gasteiger partial charge on any atom is 0.193 e. The summed E-state index contributed by atoms with van der Waals surface area (Å²) in [5.41, 5.74) is 1.75. The normalized spacial score (nSPS) is 25.7. The van der Waals surface area contributed by atoms with Gasteiger partial charge in [0.15, 0.2) is 5.96 Å². The van der Waals surface area contributed by atoms with E-state index in [0.717, 1.165) is 31.5 Å². The summed E-state index contributed by atoms with van der Waals surface area (Å²) in [5.74, 6) is 1.89. The van der Waals surface area contributed by atoms with Crippen molar-refractivity contribution < 1.29 is 0 Å². The van der Waals surface area contributed by atoms with Gasteiger partial charge in [-0.1, -0.05) is 28.1 Å². The quantitative estimate of drug-likeness (QED) is 0.586. The van der Waals surface area contributed by atoms with Crippen molar-refractivity contribution in [3.63, 3.8) is 0 Å². The number of halogens is 1. The van der Waals surface area contributed by atoms with Crippen LogP contribution in [-0.2, 0) is 5.41 Å². The standard InChI is InChI=1S/C21H31BrN4/c1-23-20(26-12-7-17(15-26)14-25-10-2-3-11-25)24-16-21(8-9-21)18-5-4-6-19(22)13-18/h4-6,13,17H,2-3,7-12,14-16H2,1H3,(H,23,24). The van der Waals surface area contributed by atoms with Crippen LogP contribution >= 0.6 is 15.9 Å². The van der Waals surface area contributed by atoms with Gasteiger partial charge >= 0.3 is 0 Å². The van der Waals surface area contributed by atoms with E-state index in [2.05, 4.69) is 60.3 Å². The molecule has 0 bridgehead atoms. The Morgan fingerprint density at radius 2 is 2.08 bits per heavy atom. The Morgan fingerprint density at radius 1 is 1.27 bits per heavy atom. The molecule has 4 nitrogen and oxygen atoms in total. The molecule has 142 valence electrons. The molecule has 1 aromatic rings. The van der Waals surface area contributed by atoms with Gasteiger partial charge in [-0.15, -0.1) is 0 Å². The molecule has 0 radical (unpaired) electrons. The molecular weight excluding hydrogens is 388 g/mol. The number of nitrogens with zero attached hydrogens (tertiary/aromatic N) is 3. The SMILES string of the molecule is CN=C(NCC1(c2cccc(Br)c2)CC1)N1CCC(CN2CCCC2)C1. The zero-order valence-electron chi connectivity index (χ0n) is 15.9. The van der Waals surface area contributed by atoms with Crippen LogP contribution in [0.4, 0.5) is 0 Å². The van der Waals surface area contributed by atoms with Gasteiger partial charge in [0, 0.05) is 43.1 Å². The van der Waals surface area contributed by atoms with Crippen LogP contribution in [0.15, 0.2) is 33.7 Å². The minimum Gasteiger partial charge on any atom is -0.355 e. The van der Waals surface area contributed by atoms with E-state index in [4.69, 9.17) is 0 Å². The second-order valence-corrected chi connectivity index (χ2v) is 9.22. The molecule has 0 amide bonds. The molecule has 5 heteroatoms. The molecule has 0 spiro atoms. The second-order valence-electron chi connectivity index (χ2n) is 8.30. The first kappa shape index (κ1) is 18.3. The Hall–Kier alpha value is -1.07. The van der Waals surface area contributed by atoms with Crippen molar-refractivity contribution >= 4 is 21.9 Å². The highest BCUT2D eigenvalue weighted by Crippen LogP contribution is 2.48. The molecule has 4 rings (SSSR count). The lowest BCUT2D eigenvalue weighted by atomic mass is 9.96. The van der Waals surface area contributed by atoms with E-state index in [1.807, 2.05) is 7.05 Å². The Labute approximate surface area is 166 Å². The lowest BCUT2D eigenvalue weighted by molar-refractivity contribution is 0.281. The molecule has 1 atom stereocenters. The van der Waals surface area contributed by atoms with Gasteiger partial charge in [-0.3, -0.25) is 4.99 Å². The molecule has 2 heterocycles. The Kier molecular flexibility index (Phi) is 5.55. The molecule has 1 aromatic carbocycles. The molecule has 2 aliphatic heterocycles. The lowest BCUT2D eigenvalue weighted by Crippen LogP contribution is -2.43. The summed E-state index contributed by atoms with van der Waals surface area (Å²) in [6.45, 7) is 7.16. The van der Waals surface area contributed by atoms with E-state index < -0.39 is 0 Å². The van der Waals surface area contributed by atoms with Gasteiger partial charge in [0.2, 0.25) is 0 Å². The highest BCUT2D eigenvalue weighted by molar-refractivity contribution is 9.10. The van der Waals surface area contributed by atoms with Crippen LogP contribution in [-0.4, -0.2) is 62.1 Å². The number of nitrogens with one attached hydrogen (secondary N) is 1. The molecule has 1 saturated carbocycles. The van der Waals surface area contributed by atoms with E-state index >= 15 is 0 Å². The van der Waals surface area contributed by atoms with E-state index in [1.165, 1.54) is 61.8 Å². The fourth-order valence-electron chi connectivity index (χ4n) is 4.62. The third-order valence-electron chi connectivity index (χ3n) is 6.39. The molecule has 1 N–H and O–H groups in total. The smallest absolute Gasteiger partial charge is 0.193 e. The van der Waals surface area contributed by atoms with Crippen molar-refractivity contribution in [1.82, 2.24) is 15.1 Å². The van der Waals surface area contributed by atoms with Crippen molar-refractivity contribution in [3.05, 3.63) is 34.3 Å². The summed E-state index contributed by atoms with van der Waals surface area (Å²) in [6.07, 6.45) is 6.61. The topological polar surface area (TPSA) is 30.9 Å². The first-order valence-electron chi connectivity index (χ1n) is 10.1. The van der Waals surface area contributed by atoms with Crippen LogP contribution in [0.25, 0.3) is 0 Å². The zero-order valence-corrected chi connectivity index (χ0v) is 17.5. The van der Waals surface area contributed by atoms with E-state index in [-0.39, 0.29) is 0 Å². The Bertz CT molecular complexity index is 649. The largest absolute Gasteiger partial charge is 0.355 e. The van der Waals surface area contributed by atoms with E-state index in [0.29, 0.717) is 5.41 Å². The first-order chi connectivity index (χ1) is 12.7. The number of guanidine groups is 1. The van der Waals surface area contributed by atoms with Crippen molar-refractivity contribution in [2.45, 2.75) is 37.5 Å². The van der Waals surface area contributed by atoms with Crippen molar-refractivity contribution in [1.29, 1.82) is 0 Å². The van der Waals surface area contributed by atoms with Gasteiger partial charge in [-0.2, -0.15) is 0 Å². The number of likely N-dealkylation sites (tertiary alicyclic amines) is 2. The minimum atomic E-state index is 0.300. The maximum absolute atomic E-state index is 4.59. The maximum atomic E-state index is 4.59. The van der Waals surface area contributed by atoms with Crippen LogP contribution in [0.1, 0.15) is 37.7 Å². The summed E-state index contributed by atoms with van der Waals surface area (Å²) in [5, 5.41) is 3.69. The molecule has 3 fully saturated rings. The third-order valence-corrected chi connectivity index (χ3v) is 6.88. The van der Waals surface area contributed by atoms with E-state index in [9.17, 15) is 0 Å². The summed E-state index contributed by atoms with van der Waals surface area (Å²) in [4.78, 5) is 9.71. The van der Waals surface area contributed by atoms with Crippen LogP contribution < -0.4 is 5.32 Å². The highest BCUT2D eigenvalue weighted by Gasteiger charge is 2.44. The summed E-state index contributed by atoms with van der Waals surface area (Å²) in [6, 6.07) is 8.80. The average Bonchev–Trinajstić information content (AvgIpc) is 3.03. The Morgan fingerprint density at radius 3 is 2.77 bits per heavy atom. The summed E-state index contributed by atoms with van der Waals surface area (Å²) >= 11 is 3.62. The predicted octanol–water partition coefficient (Wildman–Crippen LogP) is 3.47. The molecule has 0 aromatic heterocycles. The summed E-state index contributed by atoms with van der Waals surface area (Å²) < 4.78 is 1.18. The lowest BCUT2D eigenvalue weighted by Gasteiger charge is -2.25.